The van der Waals surface area contributed by atoms with Crippen LogP contribution in [0, 0.1) is 5.82 Å². The molecule has 6 nitrogen and oxygen atoms in total. The normalized spacial score (nSPS) is 15.4. The van der Waals surface area contributed by atoms with Gasteiger partial charge in [-0.2, -0.15) is 0 Å². The minimum Gasteiger partial charge on any atom is -0.411 e. The molecule has 0 spiro atoms. The molecule has 0 saturated carbocycles. The van der Waals surface area contributed by atoms with Crippen LogP contribution in [0.2, 0.25) is 0 Å². The van der Waals surface area contributed by atoms with Crippen molar-refractivity contribution >= 4 is 23.4 Å². The molecule has 4 rings (SSSR count). The number of amides is 1. The van der Waals surface area contributed by atoms with Gasteiger partial charge in [-0.25, -0.2) is 4.39 Å². The van der Waals surface area contributed by atoms with Gasteiger partial charge in [-0.3, -0.25) is 4.79 Å². The van der Waals surface area contributed by atoms with Gasteiger partial charge in [-0.05, 0) is 31.2 Å². The summed E-state index contributed by atoms with van der Waals surface area (Å²) in [5, 5.41) is 7.75. The molecule has 1 aliphatic heterocycles. The zero-order chi connectivity index (χ0) is 20.2. The highest BCUT2D eigenvalue weighted by Gasteiger charge is 2.27. The zero-order valence-electron chi connectivity index (χ0n) is 16.0. The average Bonchev–Trinajstić information content (AvgIpc) is 3.22. The molecule has 1 aromatic heterocycles. The van der Waals surface area contributed by atoms with Crippen molar-refractivity contribution in [2.24, 2.45) is 0 Å². The predicted octanol–water partition coefficient (Wildman–Crippen LogP) is 3.71. The third kappa shape index (κ3) is 4.42. The van der Waals surface area contributed by atoms with Crippen molar-refractivity contribution < 1.29 is 13.6 Å². The molecule has 0 bridgehead atoms. The van der Waals surface area contributed by atoms with Gasteiger partial charge in [0.15, 0.2) is 0 Å². The first kappa shape index (κ1) is 19.4. The highest BCUT2D eigenvalue weighted by Crippen LogP contribution is 2.28. The van der Waals surface area contributed by atoms with E-state index in [2.05, 4.69) is 27.2 Å². The molecule has 2 heterocycles. The first-order chi connectivity index (χ1) is 14.1. The quantitative estimate of drug-likeness (QED) is 0.596. The van der Waals surface area contributed by atoms with Crippen molar-refractivity contribution in [3.63, 3.8) is 0 Å². The molecule has 150 valence electrons. The van der Waals surface area contributed by atoms with Crippen LogP contribution in [0.5, 0.6) is 0 Å². The molecule has 0 radical (unpaired) electrons. The lowest BCUT2D eigenvalue weighted by molar-refractivity contribution is -0.130. The molecule has 2 aromatic carbocycles. The number of aromatic nitrogens is 2. The number of carbonyl (C=O) groups is 1. The molecule has 1 aliphatic rings. The second kappa shape index (κ2) is 8.65. The summed E-state index contributed by atoms with van der Waals surface area (Å²) in [6, 6.07) is 16.4. The van der Waals surface area contributed by atoms with Crippen LogP contribution in [-0.4, -0.2) is 52.4 Å². The monoisotopic (exact) mass is 412 g/mol. The lowest BCUT2D eigenvalue weighted by atomic mass is 10.2. The number of benzene rings is 2. The maximum atomic E-state index is 13.9. The number of halogens is 1. The summed E-state index contributed by atoms with van der Waals surface area (Å²) in [6.07, 6.45) is 0. The van der Waals surface area contributed by atoms with Crippen LogP contribution in [0.25, 0.3) is 11.5 Å². The minimum absolute atomic E-state index is 0.0355. The van der Waals surface area contributed by atoms with Crippen molar-refractivity contribution in [2.75, 3.05) is 31.1 Å². The SMILES string of the molecule is C[C@@H](Sc1nnc(-c2ccccc2F)o1)C(=O)N1CCN(c2ccccc2)CC1. The highest BCUT2D eigenvalue weighted by atomic mass is 32.2. The van der Waals surface area contributed by atoms with Crippen LogP contribution in [0.3, 0.4) is 0 Å². The first-order valence-corrected chi connectivity index (χ1v) is 10.3. The molecular weight excluding hydrogens is 391 g/mol. The van der Waals surface area contributed by atoms with Crippen molar-refractivity contribution in [3.05, 3.63) is 60.4 Å². The molecule has 1 fully saturated rings. The predicted molar refractivity (Wildman–Crippen MR) is 110 cm³/mol. The van der Waals surface area contributed by atoms with Gasteiger partial charge >= 0.3 is 0 Å². The third-order valence-corrected chi connectivity index (χ3v) is 5.77. The zero-order valence-corrected chi connectivity index (χ0v) is 16.8. The Morgan fingerprint density at radius 2 is 1.72 bits per heavy atom. The molecule has 1 amide bonds. The Morgan fingerprint density at radius 3 is 2.45 bits per heavy atom. The van der Waals surface area contributed by atoms with E-state index in [1.165, 1.54) is 23.5 Å². The van der Waals surface area contributed by atoms with E-state index in [1.54, 1.807) is 18.2 Å². The summed E-state index contributed by atoms with van der Waals surface area (Å²) in [4.78, 5) is 17.0. The second-order valence-electron chi connectivity index (χ2n) is 6.76. The second-order valence-corrected chi connectivity index (χ2v) is 8.05. The molecule has 8 heteroatoms. The van der Waals surface area contributed by atoms with Crippen LogP contribution in [0.4, 0.5) is 10.1 Å². The van der Waals surface area contributed by atoms with Crippen LogP contribution in [0.15, 0.2) is 64.2 Å². The Morgan fingerprint density at radius 1 is 1.03 bits per heavy atom. The standard InChI is InChI=1S/C21H21FN4O2S/c1-15(29-21-24-23-19(28-21)17-9-5-6-10-18(17)22)20(27)26-13-11-25(12-14-26)16-7-3-2-4-8-16/h2-10,15H,11-14H2,1H3/t15-/m1/s1. The number of hydrogen-bond acceptors (Lipinski definition) is 6. The van der Waals surface area contributed by atoms with Crippen LogP contribution >= 0.6 is 11.8 Å². The van der Waals surface area contributed by atoms with E-state index >= 15 is 0 Å². The van der Waals surface area contributed by atoms with Crippen LogP contribution in [0.1, 0.15) is 6.92 Å². The number of hydrogen-bond donors (Lipinski definition) is 0. The van der Waals surface area contributed by atoms with Gasteiger partial charge in [-0.15, -0.1) is 10.2 Å². The first-order valence-electron chi connectivity index (χ1n) is 9.45. The third-order valence-electron chi connectivity index (χ3n) is 4.85. The van der Waals surface area contributed by atoms with E-state index in [0.29, 0.717) is 13.1 Å². The fourth-order valence-electron chi connectivity index (χ4n) is 3.28. The lowest BCUT2D eigenvalue weighted by Crippen LogP contribution is -2.50. The minimum atomic E-state index is -0.423. The van der Waals surface area contributed by atoms with Gasteiger partial charge in [0.05, 0.1) is 10.8 Å². The van der Waals surface area contributed by atoms with E-state index in [4.69, 9.17) is 4.42 Å². The number of carbonyl (C=O) groups excluding carboxylic acids is 1. The number of rotatable bonds is 5. The smallest absolute Gasteiger partial charge is 0.277 e. The van der Waals surface area contributed by atoms with Crippen LogP contribution in [-0.2, 0) is 4.79 Å². The van der Waals surface area contributed by atoms with E-state index < -0.39 is 5.82 Å². The number of para-hydroxylation sites is 1. The number of thioether (sulfide) groups is 1. The van der Waals surface area contributed by atoms with E-state index in [1.807, 2.05) is 30.0 Å². The maximum absolute atomic E-state index is 13.9. The number of piperazine rings is 1. The highest BCUT2D eigenvalue weighted by molar-refractivity contribution is 8.00. The molecule has 0 aliphatic carbocycles. The van der Waals surface area contributed by atoms with Crippen LogP contribution < -0.4 is 4.90 Å². The summed E-state index contributed by atoms with van der Waals surface area (Å²) in [6.45, 7) is 4.76. The lowest BCUT2D eigenvalue weighted by Gasteiger charge is -2.37. The fourth-order valence-corrected chi connectivity index (χ4v) is 4.05. The largest absolute Gasteiger partial charge is 0.411 e. The molecular formula is C21H21FN4O2S. The van der Waals surface area contributed by atoms with E-state index in [9.17, 15) is 9.18 Å². The van der Waals surface area contributed by atoms with E-state index in [0.717, 1.165) is 13.1 Å². The molecule has 3 aromatic rings. The van der Waals surface area contributed by atoms with Gasteiger partial charge in [0.25, 0.3) is 11.1 Å². The van der Waals surface area contributed by atoms with E-state index in [-0.39, 0.29) is 27.8 Å². The Bertz CT molecular complexity index is 974. The Balaban J connectivity index is 1.34. The van der Waals surface area contributed by atoms with Crippen molar-refractivity contribution in [1.82, 2.24) is 15.1 Å². The average molecular weight is 412 g/mol. The van der Waals surface area contributed by atoms with Gasteiger partial charge in [0, 0.05) is 31.9 Å². The molecule has 1 atom stereocenters. The summed E-state index contributed by atoms with van der Waals surface area (Å²) in [7, 11) is 0. The molecule has 0 unspecified atom stereocenters. The molecule has 1 saturated heterocycles. The van der Waals surface area contributed by atoms with Crippen molar-refractivity contribution in [2.45, 2.75) is 17.4 Å². The Hall–Kier alpha value is -2.87. The van der Waals surface area contributed by atoms with Gasteiger partial charge in [0.1, 0.15) is 5.82 Å². The fraction of sp³-hybridized carbons (Fsp3) is 0.286. The summed E-state index contributed by atoms with van der Waals surface area (Å²) >= 11 is 1.20. The maximum Gasteiger partial charge on any atom is 0.277 e. The summed E-state index contributed by atoms with van der Waals surface area (Å²) < 4.78 is 19.4. The molecule has 29 heavy (non-hydrogen) atoms. The number of anilines is 1. The van der Waals surface area contributed by atoms with Gasteiger partial charge in [0.2, 0.25) is 5.91 Å². The molecule has 0 N–H and O–H groups in total. The Kier molecular flexibility index (Phi) is 5.80. The number of nitrogens with zero attached hydrogens (tertiary/aromatic N) is 4. The summed E-state index contributed by atoms with van der Waals surface area (Å²) in [5.74, 6) is -0.275. The Labute approximate surface area is 172 Å². The van der Waals surface area contributed by atoms with Gasteiger partial charge in [-0.1, -0.05) is 42.1 Å². The van der Waals surface area contributed by atoms with Gasteiger partial charge < -0.3 is 14.2 Å². The van der Waals surface area contributed by atoms with Crippen molar-refractivity contribution in [1.29, 1.82) is 0 Å². The topological polar surface area (TPSA) is 62.5 Å². The summed E-state index contributed by atoms with van der Waals surface area (Å²) in [5.41, 5.74) is 1.43. The van der Waals surface area contributed by atoms with Crippen molar-refractivity contribution in [3.8, 4) is 11.5 Å².